The number of primary amides is 1. The highest BCUT2D eigenvalue weighted by Gasteiger charge is 2.35. The van der Waals surface area contributed by atoms with Gasteiger partial charge in [0.05, 0.1) is 23.2 Å². The van der Waals surface area contributed by atoms with Crippen molar-refractivity contribution in [3.63, 3.8) is 0 Å². The lowest BCUT2D eigenvalue weighted by Gasteiger charge is -2.11. The summed E-state index contributed by atoms with van der Waals surface area (Å²) in [5.74, 6) is -1.60. The van der Waals surface area contributed by atoms with E-state index >= 15 is 0 Å². The molecule has 4 rings (SSSR count). The van der Waals surface area contributed by atoms with E-state index in [-0.39, 0.29) is 42.8 Å². The maximum Gasteiger partial charge on any atom is 0.433 e. The number of aromatic nitrogens is 3. The number of amides is 2. The van der Waals surface area contributed by atoms with Gasteiger partial charge in [-0.3, -0.25) is 14.3 Å². The Bertz CT molecular complexity index is 1310. The number of rotatable bonds is 4. The fourth-order valence-electron chi connectivity index (χ4n) is 3.00. The van der Waals surface area contributed by atoms with Crippen LogP contribution in [0.5, 0.6) is 0 Å². The number of aryl methyl sites for hydroxylation is 1. The lowest BCUT2D eigenvalue weighted by atomic mass is 10.1. The monoisotopic (exact) mass is 469 g/mol. The zero-order chi connectivity index (χ0) is 22.5. The van der Waals surface area contributed by atoms with Crippen LogP contribution in [0.4, 0.5) is 18.9 Å². The molecule has 4 heterocycles. The molecule has 0 bridgehead atoms. The maximum absolute atomic E-state index is 13.4. The number of anilines is 1. The maximum atomic E-state index is 13.4. The van der Waals surface area contributed by atoms with Crippen molar-refractivity contribution >= 4 is 50.7 Å². The van der Waals surface area contributed by atoms with E-state index in [4.69, 9.17) is 21.8 Å². The molecule has 4 aromatic heterocycles. The van der Waals surface area contributed by atoms with Crippen molar-refractivity contribution in [2.45, 2.75) is 6.18 Å². The van der Waals surface area contributed by atoms with Crippen molar-refractivity contribution < 1.29 is 27.2 Å². The fourth-order valence-corrected chi connectivity index (χ4v) is 4.26. The van der Waals surface area contributed by atoms with Gasteiger partial charge in [0.2, 0.25) is 0 Å². The van der Waals surface area contributed by atoms with E-state index in [1.54, 1.807) is 0 Å². The van der Waals surface area contributed by atoms with Crippen molar-refractivity contribution in [2.75, 3.05) is 5.32 Å². The van der Waals surface area contributed by atoms with Gasteiger partial charge in [-0.1, -0.05) is 11.6 Å². The summed E-state index contributed by atoms with van der Waals surface area (Å²) in [5, 5.41) is 6.51. The number of carbonyl (C=O) groups is 2. The summed E-state index contributed by atoms with van der Waals surface area (Å²) in [5.41, 5.74) is 4.12. The van der Waals surface area contributed by atoms with E-state index < -0.39 is 23.7 Å². The number of hydrogen-bond donors (Lipinski definition) is 2. The number of thiophene rings is 1. The van der Waals surface area contributed by atoms with Gasteiger partial charge in [-0.15, -0.1) is 11.3 Å². The highest BCUT2D eigenvalue weighted by molar-refractivity contribution is 7.21. The van der Waals surface area contributed by atoms with Gasteiger partial charge in [-0.25, -0.2) is 4.98 Å². The molecule has 0 aliphatic heterocycles. The molecule has 160 valence electrons. The van der Waals surface area contributed by atoms with E-state index in [0.29, 0.717) is 11.3 Å². The number of fused-ring (bicyclic) bond motifs is 1. The van der Waals surface area contributed by atoms with Crippen LogP contribution in [0.15, 0.2) is 35.1 Å². The van der Waals surface area contributed by atoms with Gasteiger partial charge in [0.1, 0.15) is 26.9 Å². The Labute approximate surface area is 180 Å². The van der Waals surface area contributed by atoms with Crippen molar-refractivity contribution in [2.24, 2.45) is 12.8 Å². The zero-order valence-electron chi connectivity index (χ0n) is 15.5. The van der Waals surface area contributed by atoms with Crippen LogP contribution in [0.25, 0.3) is 21.5 Å². The van der Waals surface area contributed by atoms with Gasteiger partial charge in [-0.05, 0) is 18.2 Å². The highest BCUT2D eigenvalue weighted by Crippen LogP contribution is 2.43. The van der Waals surface area contributed by atoms with Gasteiger partial charge >= 0.3 is 6.18 Å². The average molecular weight is 470 g/mol. The SMILES string of the molecule is Cn1ncc(Cl)c1C(=O)Nc1c(C(N)=O)sc2nc(C(F)(F)F)cc(-c3ccco3)c12. The standard InChI is InChI=1S/C18H11ClF3N5O3S/c1-27-13(8(19)6-24-27)16(29)26-12-11-7(9-3-2-4-30-9)5-10(18(20,21)22)25-17(11)31-14(12)15(23)28/h2-6H,1H3,(H2,23,28)(H,26,29). The summed E-state index contributed by atoms with van der Waals surface area (Å²) in [7, 11) is 1.48. The van der Waals surface area contributed by atoms with Crippen LogP contribution in [0.3, 0.4) is 0 Å². The number of halogens is 4. The second-order valence-electron chi connectivity index (χ2n) is 6.30. The third kappa shape index (κ3) is 3.64. The number of furan rings is 1. The van der Waals surface area contributed by atoms with Crippen LogP contribution in [-0.4, -0.2) is 26.6 Å². The molecule has 0 saturated carbocycles. The summed E-state index contributed by atoms with van der Waals surface area (Å²) in [6, 6.07) is 3.72. The molecule has 4 aromatic rings. The van der Waals surface area contributed by atoms with Crippen LogP contribution in [0.2, 0.25) is 5.02 Å². The minimum absolute atomic E-state index is 0.0162. The number of nitrogens with zero attached hydrogens (tertiary/aromatic N) is 3. The normalized spacial score (nSPS) is 11.8. The number of carbonyl (C=O) groups excluding carboxylic acids is 2. The van der Waals surface area contributed by atoms with Gasteiger partial charge in [0.25, 0.3) is 11.8 Å². The Morgan fingerprint density at radius 1 is 1.35 bits per heavy atom. The lowest BCUT2D eigenvalue weighted by Crippen LogP contribution is -2.19. The first-order valence-corrected chi connectivity index (χ1v) is 9.64. The topological polar surface area (TPSA) is 116 Å². The molecular weight excluding hydrogens is 459 g/mol. The molecule has 0 aliphatic rings. The Kier molecular flexibility index (Phi) is 4.98. The molecule has 0 radical (unpaired) electrons. The summed E-state index contributed by atoms with van der Waals surface area (Å²) in [6.07, 6.45) is -2.22. The first kappa shape index (κ1) is 20.9. The molecule has 0 spiro atoms. The number of alkyl halides is 3. The Morgan fingerprint density at radius 2 is 2.10 bits per heavy atom. The van der Waals surface area contributed by atoms with Crippen LogP contribution >= 0.6 is 22.9 Å². The first-order chi connectivity index (χ1) is 14.6. The molecule has 8 nitrogen and oxygen atoms in total. The second kappa shape index (κ2) is 7.39. The molecule has 13 heteroatoms. The molecule has 0 atom stereocenters. The number of pyridine rings is 1. The highest BCUT2D eigenvalue weighted by atomic mass is 35.5. The Morgan fingerprint density at radius 3 is 2.65 bits per heavy atom. The van der Waals surface area contributed by atoms with E-state index in [9.17, 15) is 22.8 Å². The molecule has 2 amide bonds. The summed E-state index contributed by atoms with van der Waals surface area (Å²) in [4.78, 5) is 28.2. The molecule has 31 heavy (non-hydrogen) atoms. The molecule has 0 saturated heterocycles. The average Bonchev–Trinajstić information content (AvgIpc) is 3.40. The van der Waals surface area contributed by atoms with Crippen molar-refractivity contribution in [1.29, 1.82) is 0 Å². The Balaban J connectivity index is 1.99. The van der Waals surface area contributed by atoms with E-state index in [1.807, 2.05) is 0 Å². The molecule has 0 unspecified atom stereocenters. The fraction of sp³-hybridized carbons (Fsp3) is 0.111. The van der Waals surface area contributed by atoms with Gasteiger partial charge < -0.3 is 15.5 Å². The van der Waals surface area contributed by atoms with Crippen molar-refractivity contribution in [3.8, 4) is 11.3 Å². The third-order valence-corrected chi connectivity index (χ3v) is 5.69. The second-order valence-corrected chi connectivity index (χ2v) is 7.71. The third-order valence-electron chi connectivity index (χ3n) is 4.31. The molecule has 0 fully saturated rings. The molecule has 0 aliphatic carbocycles. The smallest absolute Gasteiger partial charge is 0.433 e. The summed E-state index contributed by atoms with van der Waals surface area (Å²) in [6.45, 7) is 0. The number of nitrogens with one attached hydrogen (secondary N) is 1. The summed E-state index contributed by atoms with van der Waals surface area (Å²) >= 11 is 6.62. The first-order valence-electron chi connectivity index (χ1n) is 8.45. The summed E-state index contributed by atoms with van der Waals surface area (Å²) < 4.78 is 46.7. The zero-order valence-corrected chi connectivity index (χ0v) is 17.0. The van der Waals surface area contributed by atoms with Crippen LogP contribution < -0.4 is 11.1 Å². The number of hydrogen-bond acceptors (Lipinski definition) is 6. The predicted octanol–water partition coefficient (Wildman–Crippen LogP) is 4.31. The van der Waals surface area contributed by atoms with Gasteiger partial charge in [0, 0.05) is 18.0 Å². The van der Waals surface area contributed by atoms with Gasteiger partial charge in [-0.2, -0.15) is 18.3 Å². The van der Waals surface area contributed by atoms with E-state index in [1.165, 1.54) is 36.3 Å². The molecule has 3 N–H and O–H groups in total. The van der Waals surface area contributed by atoms with Crippen molar-refractivity contribution in [1.82, 2.24) is 14.8 Å². The molecule has 0 aromatic carbocycles. The largest absolute Gasteiger partial charge is 0.464 e. The van der Waals surface area contributed by atoms with E-state index in [0.717, 1.165) is 6.07 Å². The predicted molar refractivity (Wildman–Crippen MR) is 107 cm³/mol. The van der Waals surface area contributed by atoms with Crippen LogP contribution in [0.1, 0.15) is 25.9 Å². The Hall–Kier alpha value is -3.38. The quantitative estimate of drug-likeness (QED) is 0.462. The minimum atomic E-state index is -4.75. The minimum Gasteiger partial charge on any atom is -0.464 e. The van der Waals surface area contributed by atoms with Crippen molar-refractivity contribution in [3.05, 3.63) is 51.9 Å². The van der Waals surface area contributed by atoms with E-state index in [2.05, 4.69) is 15.4 Å². The van der Waals surface area contributed by atoms with Crippen LogP contribution in [-0.2, 0) is 13.2 Å². The lowest BCUT2D eigenvalue weighted by molar-refractivity contribution is -0.140. The molecular formula is C18H11ClF3N5O3S. The number of nitrogens with two attached hydrogens (primary N) is 1. The van der Waals surface area contributed by atoms with Crippen LogP contribution in [0, 0.1) is 0 Å². The van der Waals surface area contributed by atoms with Gasteiger partial charge in [0.15, 0.2) is 0 Å².